The number of benzene rings is 2. The molecule has 0 bridgehead atoms. The smallest absolute Gasteiger partial charge is 0.416 e. The second-order valence-electron chi connectivity index (χ2n) is 7.00. The highest BCUT2D eigenvalue weighted by molar-refractivity contribution is 7.89. The van der Waals surface area contributed by atoms with Crippen molar-refractivity contribution >= 4 is 21.6 Å². The Morgan fingerprint density at radius 3 is 2.26 bits per heavy atom. The van der Waals surface area contributed by atoms with Crippen molar-refractivity contribution in [3.63, 3.8) is 0 Å². The van der Waals surface area contributed by atoms with Crippen LogP contribution in [-0.2, 0) is 22.7 Å². The first kappa shape index (κ1) is 23.6. The molecule has 0 radical (unpaired) electrons. The van der Waals surface area contributed by atoms with Gasteiger partial charge in [-0.3, -0.25) is 4.90 Å². The topological polar surface area (TPSA) is 59.1 Å². The van der Waals surface area contributed by atoms with Gasteiger partial charge in [0, 0.05) is 38.3 Å². The van der Waals surface area contributed by atoms with Crippen molar-refractivity contribution < 1.29 is 31.1 Å². The number of halogens is 4. The van der Waals surface area contributed by atoms with Gasteiger partial charge in [-0.25, -0.2) is 8.42 Å². The lowest BCUT2D eigenvalue weighted by atomic mass is 10.1. The second kappa shape index (κ2) is 9.23. The maximum absolute atomic E-state index is 13.0. The van der Waals surface area contributed by atoms with Crippen LogP contribution in [0.1, 0.15) is 11.1 Å². The van der Waals surface area contributed by atoms with E-state index in [-0.39, 0.29) is 18.1 Å². The van der Waals surface area contributed by atoms with Crippen molar-refractivity contribution in [1.82, 2.24) is 9.21 Å². The fourth-order valence-corrected chi connectivity index (χ4v) is 5.31. The summed E-state index contributed by atoms with van der Waals surface area (Å²) in [5.74, 6) is 1.36. The van der Waals surface area contributed by atoms with E-state index in [1.165, 1.54) is 0 Å². The van der Waals surface area contributed by atoms with Crippen LogP contribution in [0.25, 0.3) is 0 Å². The van der Waals surface area contributed by atoms with Crippen LogP contribution in [0.2, 0.25) is 5.02 Å². The molecular formula is C20H22ClF3N2O4S. The Hall–Kier alpha value is -2.01. The van der Waals surface area contributed by atoms with Crippen molar-refractivity contribution in [2.75, 3.05) is 40.4 Å². The van der Waals surface area contributed by atoms with Gasteiger partial charge in [0.2, 0.25) is 10.0 Å². The average Bonchev–Trinajstić information content (AvgIpc) is 2.73. The summed E-state index contributed by atoms with van der Waals surface area (Å²) in [6, 6.07) is 7.75. The molecule has 0 amide bonds. The number of sulfonamides is 1. The van der Waals surface area contributed by atoms with Crippen LogP contribution >= 0.6 is 11.6 Å². The Labute approximate surface area is 184 Å². The molecule has 2 aromatic rings. The third-order valence-corrected chi connectivity index (χ3v) is 7.47. The fourth-order valence-electron chi connectivity index (χ4n) is 3.39. The largest absolute Gasteiger partial charge is 0.497 e. The SMILES string of the molecule is COc1ccc(OC)c(CN2CCN(S(=O)(=O)c3cc(C(F)(F)F)ccc3Cl)CC2)c1. The number of rotatable bonds is 6. The third-order valence-electron chi connectivity index (χ3n) is 5.09. The Bertz CT molecular complexity index is 1040. The lowest BCUT2D eigenvalue weighted by Gasteiger charge is -2.34. The maximum Gasteiger partial charge on any atom is 0.416 e. The van der Waals surface area contributed by atoms with E-state index in [1.54, 1.807) is 26.4 Å². The van der Waals surface area contributed by atoms with Gasteiger partial charge in [-0.2, -0.15) is 17.5 Å². The number of hydrogen-bond acceptors (Lipinski definition) is 5. The molecule has 1 saturated heterocycles. The van der Waals surface area contributed by atoms with Gasteiger partial charge < -0.3 is 9.47 Å². The summed E-state index contributed by atoms with van der Waals surface area (Å²) in [7, 11) is -1.04. The van der Waals surface area contributed by atoms with Crippen LogP contribution in [0, 0.1) is 0 Å². The molecule has 0 N–H and O–H groups in total. The molecular weight excluding hydrogens is 457 g/mol. The summed E-state index contributed by atoms with van der Waals surface area (Å²) in [6.45, 7) is 1.56. The molecule has 3 rings (SSSR count). The number of piperazine rings is 1. The Kier molecular flexibility index (Phi) is 7.04. The van der Waals surface area contributed by atoms with E-state index in [1.807, 2.05) is 11.0 Å². The van der Waals surface area contributed by atoms with Gasteiger partial charge in [-0.1, -0.05) is 11.6 Å². The van der Waals surface area contributed by atoms with E-state index in [9.17, 15) is 21.6 Å². The molecule has 2 aromatic carbocycles. The molecule has 1 aliphatic rings. The van der Waals surface area contributed by atoms with Gasteiger partial charge >= 0.3 is 6.18 Å². The predicted molar refractivity (Wildman–Crippen MR) is 110 cm³/mol. The minimum Gasteiger partial charge on any atom is -0.497 e. The minimum absolute atomic E-state index is 0.126. The lowest BCUT2D eigenvalue weighted by Crippen LogP contribution is -2.48. The minimum atomic E-state index is -4.66. The number of ether oxygens (including phenoxy) is 2. The summed E-state index contributed by atoms with van der Waals surface area (Å²) >= 11 is 5.94. The van der Waals surface area contributed by atoms with E-state index in [0.717, 1.165) is 22.0 Å². The molecule has 11 heteroatoms. The summed E-state index contributed by atoms with van der Waals surface area (Å²) < 4.78 is 76.8. The van der Waals surface area contributed by atoms with Gasteiger partial charge in [0.1, 0.15) is 16.4 Å². The predicted octanol–water partition coefficient (Wildman–Crippen LogP) is 3.88. The van der Waals surface area contributed by atoms with Crippen molar-refractivity contribution in [3.05, 3.63) is 52.5 Å². The van der Waals surface area contributed by atoms with Crippen LogP contribution in [0.15, 0.2) is 41.3 Å². The number of nitrogens with zero attached hydrogens (tertiary/aromatic N) is 2. The molecule has 1 aliphatic heterocycles. The van der Waals surface area contributed by atoms with Crippen molar-refractivity contribution in [2.45, 2.75) is 17.6 Å². The molecule has 1 heterocycles. The van der Waals surface area contributed by atoms with Crippen LogP contribution in [0.4, 0.5) is 13.2 Å². The molecule has 0 atom stereocenters. The van der Waals surface area contributed by atoms with E-state index in [2.05, 4.69) is 0 Å². The van der Waals surface area contributed by atoms with Crippen LogP contribution in [0.3, 0.4) is 0 Å². The summed E-state index contributed by atoms with van der Waals surface area (Å²) in [5, 5.41) is -0.239. The quantitative estimate of drug-likeness (QED) is 0.630. The molecule has 0 aliphatic carbocycles. The second-order valence-corrected chi connectivity index (χ2v) is 9.31. The Morgan fingerprint density at radius 1 is 1.00 bits per heavy atom. The van der Waals surface area contributed by atoms with Crippen molar-refractivity contribution in [1.29, 1.82) is 0 Å². The van der Waals surface area contributed by atoms with Crippen LogP contribution in [0.5, 0.6) is 11.5 Å². The van der Waals surface area contributed by atoms with Gasteiger partial charge in [0.05, 0.1) is 24.8 Å². The molecule has 0 aromatic heterocycles. The first-order valence-corrected chi connectivity index (χ1v) is 11.2. The van der Waals surface area contributed by atoms with E-state index < -0.39 is 26.7 Å². The van der Waals surface area contributed by atoms with E-state index >= 15 is 0 Å². The lowest BCUT2D eigenvalue weighted by molar-refractivity contribution is -0.137. The van der Waals surface area contributed by atoms with E-state index in [4.69, 9.17) is 21.1 Å². The molecule has 170 valence electrons. The van der Waals surface area contributed by atoms with Gasteiger partial charge in [-0.05, 0) is 36.4 Å². The van der Waals surface area contributed by atoms with E-state index in [0.29, 0.717) is 37.2 Å². The highest BCUT2D eigenvalue weighted by Crippen LogP contribution is 2.34. The number of alkyl halides is 3. The summed E-state index contributed by atoms with van der Waals surface area (Å²) in [5.41, 5.74) is -0.168. The monoisotopic (exact) mass is 478 g/mol. The zero-order chi connectivity index (χ0) is 22.8. The van der Waals surface area contributed by atoms with Crippen LogP contribution in [-0.4, -0.2) is 58.0 Å². The van der Waals surface area contributed by atoms with Crippen LogP contribution < -0.4 is 9.47 Å². The summed E-state index contributed by atoms with van der Waals surface area (Å²) in [4.78, 5) is 1.50. The molecule has 0 spiro atoms. The highest BCUT2D eigenvalue weighted by atomic mass is 35.5. The maximum atomic E-state index is 13.0. The zero-order valence-corrected chi connectivity index (χ0v) is 18.5. The first-order chi connectivity index (χ1) is 14.6. The summed E-state index contributed by atoms with van der Waals surface area (Å²) in [6.07, 6.45) is -4.66. The van der Waals surface area contributed by atoms with Gasteiger partial charge in [0.25, 0.3) is 0 Å². The van der Waals surface area contributed by atoms with Gasteiger partial charge in [-0.15, -0.1) is 0 Å². The van der Waals surface area contributed by atoms with Crippen molar-refractivity contribution in [2.24, 2.45) is 0 Å². The van der Waals surface area contributed by atoms with Crippen molar-refractivity contribution in [3.8, 4) is 11.5 Å². The first-order valence-electron chi connectivity index (χ1n) is 9.36. The Balaban J connectivity index is 1.74. The average molecular weight is 479 g/mol. The highest BCUT2D eigenvalue weighted by Gasteiger charge is 2.35. The zero-order valence-electron chi connectivity index (χ0n) is 16.9. The standard InChI is InChI=1S/C20H22ClF3N2O4S/c1-29-16-4-6-18(30-2)14(11-16)13-25-7-9-26(10-8-25)31(27,28)19-12-15(20(22,23)24)3-5-17(19)21/h3-6,11-12H,7-10,13H2,1-2H3. The number of methoxy groups -OCH3 is 2. The Morgan fingerprint density at radius 2 is 1.68 bits per heavy atom. The molecule has 1 fully saturated rings. The molecule has 6 nitrogen and oxygen atoms in total. The molecule has 0 saturated carbocycles. The van der Waals surface area contributed by atoms with Gasteiger partial charge in [0.15, 0.2) is 0 Å². The molecule has 0 unspecified atom stereocenters. The third kappa shape index (κ3) is 5.25. The number of hydrogen-bond donors (Lipinski definition) is 0. The molecule has 31 heavy (non-hydrogen) atoms. The normalized spacial score (nSPS) is 16.3. The fraction of sp³-hybridized carbons (Fsp3) is 0.400.